The van der Waals surface area contributed by atoms with Gasteiger partial charge in [0.1, 0.15) is 0 Å². The first-order valence-electron chi connectivity index (χ1n) is 7.78. The molecule has 1 aromatic carbocycles. The summed E-state index contributed by atoms with van der Waals surface area (Å²) in [4.78, 5) is 11.8. The molecule has 0 saturated heterocycles. The van der Waals surface area contributed by atoms with E-state index in [4.69, 9.17) is 4.74 Å². The zero-order chi connectivity index (χ0) is 15.6. The first kappa shape index (κ1) is 15.9. The van der Waals surface area contributed by atoms with Crippen LogP contribution >= 0.6 is 0 Å². The average Bonchev–Trinajstić information content (AvgIpc) is 2.42. The Morgan fingerprint density at radius 3 is 2.71 bits per heavy atom. The van der Waals surface area contributed by atoms with E-state index < -0.39 is 0 Å². The highest BCUT2D eigenvalue weighted by Gasteiger charge is 2.32. The van der Waals surface area contributed by atoms with Crippen LogP contribution in [0.1, 0.15) is 56.0 Å². The van der Waals surface area contributed by atoms with Gasteiger partial charge in [-0.25, -0.2) is 4.79 Å². The van der Waals surface area contributed by atoms with Crippen LogP contribution in [0, 0.1) is 18.3 Å². The topological polar surface area (TPSA) is 38.3 Å². The van der Waals surface area contributed by atoms with Crippen molar-refractivity contribution in [3.05, 3.63) is 29.3 Å². The lowest BCUT2D eigenvalue weighted by Gasteiger charge is -2.40. The predicted molar refractivity (Wildman–Crippen MR) is 86.7 cm³/mol. The Hall–Kier alpha value is -1.51. The van der Waals surface area contributed by atoms with Crippen LogP contribution in [0.4, 0.5) is 5.69 Å². The second-order valence-corrected chi connectivity index (χ2v) is 7.10. The summed E-state index contributed by atoms with van der Waals surface area (Å²) in [6.45, 7) is 9.00. The summed E-state index contributed by atoms with van der Waals surface area (Å²) in [6, 6.07) is 6.26. The maximum absolute atomic E-state index is 11.8. The number of hydrogen-bond acceptors (Lipinski definition) is 3. The van der Waals surface area contributed by atoms with E-state index in [9.17, 15) is 4.79 Å². The van der Waals surface area contributed by atoms with Gasteiger partial charge in [-0.3, -0.25) is 0 Å². The molecule has 21 heavy (non-hydrogen) atoms. The van der Waals surface area contributed by atoms with Crippen LogP contribution in [0.2, 0.25) is 0 Å². The van der Waals surface area contributed by atoms with Crippen LogP contribution in [0.25, 0.3) is 0 Å². The van der Waals surface area contributed by atoms with Gasteiger partial charge >= 0.3 is 5.97 Å². The summed E-state index contributed by atoms with van der Waals surface area (Å²) in [5, 5.41) is 3.65. The summed E-state index contributed by atoms with van der Waals surface area (Å²) in [6.07, 6.45) is 3.65. The molecule has 2 rings (SSSR count). The molecule has 1 N–H and O–H groups in total. The van der Waals surface area contributed by atoms with Gasteiger partial charge in [0.15, 0.2) is 0 Å². The van der Waals surface area contributed by atoms with Crippen LogP contribution in [0.3, 0.4) is 0 Å². The van der Waals surface area contributed by atoms with Crippen LogP contribution in [-0.2, 0) is 4.74 Å². The average molecular weight is 289 g/mol. The van der Waals surface area contributed by atoms with E-state index in [2.05, 4.69) is 26.1 Å². The van der Waals surface area contributed by atoms with Crippen molar-refractivity contribution < 1.29 is 9.53 Å². The maximum atomic E-state index is 11.8. The van der Waals surface area contributed by atoms with Crippen LogP contribution in [0.15, 0.2) is 18.2 Å². The molecular weight excluding hydrogens is 262 g/mol. The lowest BCUT2D eigenvalue weighted by molar-refractivity contribution is 0.0600. The van der Waals surface area contributed by atoms with Gasteiger partial charge in [-0.15, -0.1) is 0 Å². The minimum atomic E-state index is -0.269. The van der Waals surface area contributed by atoms with Gasteiger partial charge in [0, 0.05) is 11.7 Å². The van der Waals surface area contributed by atoms with Gasteiger partial charge in [0.2, 0.25) is 0 Å². The number of carbonyl (C=O) groups is 1. The molecule has 0 radical (unpaired) electrons. The fourth-order valence-corrected chi connectivity index (χ4v) is 3.48. The molecule has 2 unspecified atom stereocenters. The van der Waals surface area contributed by atoms with Crippen molar-refractivity contribution in [1.82, 2.24) is 0 Å². The van der Waals surface area contributed by atoms with Gasteiger partial charge < -0.3 is 10.1 Å². The highest BCUT2D eigenvalue weighted by molar-refractivity contribution is 5.92. The van der Waals surface area contributed by atoms with Crippen molar-refractivity contribution >= 4 is 11.7 Å². The highest BCUT2D eigenvalue weighted by Crippen LogP contribution is 2.39. The molecule has 2 atom stereocenters. The molecule has 0 amide bonds. The number of hydrogen-bond donors (Lipinski definition) is 1. The minimum absolute atomic E-state index is 0.269. The van der Waals surface area contributed by atoms with E-state index in [0.717, 1.165) is 11.3 Å². The van der Waals surface area contributed by atoms with Crippen LogP contribution < -0.4 is 5.32 Å². The first-order chi connectivity index (χ1) is 9.84. The molecule has 3 heteroatoms. The third-order valence-corrected chi connectivity index (χ3v) is 4.77. The molecule has 3 nitrogen and oxygen atoms in total. The number of methoxy groups -OCH3 is 1. The van der Waals surface area contributed by atoms with E-state index in [1.165, 1.54) is 26.4 Å². The molecule has 1 aliphatic carbocycles. The third kappa shape index (κ3) is 3.58. The number of rotatable bonds is 3. The number of esters is 1. The van der Waals surface area contributed by atoms with Crippen molar-refractivity contribution in [3.8, 4) is 0 Å². The number of ether oxygens (including phenoxy) is 1. The van der Waals surface area contributed by atoms with E-state index in [-0.39, 0.29) is 5.97 Å². The SMILES string of the molecule is COC(=O)c1cccc(NC2CCC(C)(C)CC2C)c1C. The second kappa shape index (κ2) is 6.08. The predicted octanol–water partition coefficient (Wildman–Crippen LogP) is 4.41. The van der Waals surface area contributed by atoms with E-state index >= 15 is 0 Å². The number of nitrogens with one attached hydrogen (secondary N) is 1. The minimum Gasteiger partial charge on any atom is -0.465 e. The molecule has 0 spiro atoms. The summed E-state index contributed by atoms with van der Waals surface area (Å²) < 4.78 is 4.84. The van der Waals surface area contributed by atoms with Gasteiger partial charge in [-0.1, -0.05) is 26.8 Å². The van der Waals surface area contributed by atoms with Gasteiger partial charge in [0.05, 0.1) is 12.7 Å². The monoisotopic (exact) mass is 289 g/mol. The van der Waals surface area contributed by atoms with E-state index in [0.29, 0.717) is 22.9 Å². The Labute approximate surface area is 128 Å². The third-order valence-electron chi connectivity index (χ3n) is 4.77. The lowest BCUT2D eigenvalue weighted by atomic mass is 9.70. The number of carbonyl (C=O) groups excluding carboxylic acids is 1. The summed E-state index contributed by atoms with van der Waals surface area (Å²) >= 11 is 0. The number of benzene rings is 1. The van der Waals surface area contributed by atoms with Crippen LogP contribution in [-0.4, -0.2) is 19.1 Å². The maximum Gasteiger partial charge on any atom is 0.338 e. The largest absolute Gasteiger partial charge is 0.465 e. The summed E-state index contributed by atoms with van der Waals surface area (Å²) in [5.74, 6) is 0.365. The van der Waals surface area contributed by atoms with Gasteiger partial charge in [-0.2, -0.15) is 0 Å². The second-order valence-electron chi connectivity index (χ2n) is 7.10. The molecule has 1 aliphatic rings. The Bertz CT molecular complexity index is 522. The van der Waals surface area contributed by atoms with Crippen molar-refractivity contribution in [1.29, 1.82) is 0 Å². The standard InChI is InChI=1S/C18H27NO2/c1-12-11-18(3,4)10-9-15(12)19-16-8-6-7-14(13(16)2)17(20)21-5/h6-8,12,15,19H,9-11H2,1-5H3. The van der Waals surface area contributed by atoms with Crippen molar-refractivity contribution in [3.63, 3.8) is 0 Å². The lowest BCUT2D eigenvalue weighted by Crippen LogP contribution is -2.37. The Balaban J connectivity index is 2.15. The zero-order valence-electron chi connectivity index (χ0n) is 13.8. The number of anilines is 1. The fraction of sp³-hybridized carbons (Fsp3) is 0.611. The van der Waals surface area contributed by atoms with E-state index in [1.54, 1.807) is 0 Å². The van der Waals surface area contributed by atoms with Crippen LogP contribution in [0.5, 0.6) is 0 Å². The molecule has 0 aromatic heterocycles. The Morgan fingerprint density at radius 2 is 2.10 bits per heavy atom. The normalized spacial score (nSPS) is 24.4. The van der Waals surface area contributed by atoms with Gasteiger partial charge in [-0.05, 0) is 55.2 Å². The smallest absolute Gasteiger partial charge is 0.338 e. The quantitative estimate of drug-likeness (QED) is 0.838. The molecule has 0 bridgehead atoms. The highest BCUT2D eigenvalue weighted by atomic mass is 16.5. The first-order valence-corrected chi connectivity index (χ1v) is 7.78. The molecule has 1 fully saturated rings. The van der Waals surface area contributed by atoms with Crippen molar-refractivity contribution in [2.75, 3.05) is 12.4 Å². The Morgan fingerprint density at radius 1 is 1.38 bits per heavy atom. The summed E-state index contributed by atoms with van der Waals surface area (Å²) in [5.41, 5.74) is 3.11. The molecule has 0 aliphatic heterocycles. The van der Waals surface area contributed by atoms with Crippen molar-refractivity contribution in [2.45, 2.75) is 53.0 Å². The molecule has 1 saturated carbocycles. The molecule has 116 valence electrons. The Kier molecular flexibility index (Phi) is 4.60. The van der Waals surface area contributed by atoms with Gasteiger partial charge in [0.25, 0.3) is 0 Å². The summed E-state index contributed by atoms with van der Waals surface area (Å²) in [7, 11) is 1.42. The molecular formula is C18H27NO2. The molecule has 0 heterocycles. The fourth-order valence-electron chi connectivity index (χ4n) is 3.48. The zero-order valence-corrected chi connectivity index (χ0v) is 13.8. The van der Waals surface area contributed by atoms with E-state index in [1.807, 2.05) is 25.1 Å². The molecule has 1 aromatic rings. The van der Waals surface area contributed by atoms with Crippen molar-refractivity contribution in [2.24, 2.45) is 11.3 Å².